The van der Waals surface area contributed by atoms with Crippen molar-refractivity contribution in [2.45, 2.75) is 130 Å². The molecule has 20 rings (SSSR count). The number of methoxy groups -OCH3 is 3. The van der Waals surface area contributed by atoms with Crippen molar-refractivity contribution in [2.75, 3.05) is 47.8 Å². The molecule has 8 aliphatic carbocycles. The van der Waals surface area contributed by atoms with Crippen LogP contribution in [0, 0.1) is 25.7 Å². The van der Waals surface area contributed by atoms with E-state index >= 15 is 0 Å². The van der Waals surface area contributed by atoms with Gasteiger partial charge in [0.1, 0.15) is 23.0 Å². The molecular weight excluding hydrogens is 1910 g/mol. The zero-order valence-electron chi connectivity index (χ0n) is 78.7. The van der Waals surface area contributed by atoms with Gasteiger partial charge in [-0.2, -0.15) is 0 Å². The number of esters is 3. The average molecular weight is 2010 g/mol. The van der Waals surface area contributed by atoms with Gasteiger partial charge in [-0.15, -0.1) is 0 Å². The molecule has 22 nitrogen and oxygen atoms in total. The van der Waals surface area contributed by atoms with Gasteiger partial charge in [-0.25, -0.2) is 28.8 Å². The molecule has 6 aromatic heterocycles. The molecule has 28 heteroatoms. The molecule has 141 heavy (non-hydrogen) atoms. The van der Waals surface area contributed by atoms with Gasteiger partial charge in [0.05, 0.1) is 135 Å². The topological polar surface area (TPSA) is 305 Å². The molecule has 12 aromatic rings. The van der Waals surface area contributed by atoms with Crippen LogP contribution in [0.15, 0.2) is 216 Å². The second kappa shape index (κ2) is 47.1. The SMILES string of the molecule is CCOc1cc(CC2=Cc3nccc(C(=O)O)c3C2)ccc1Cl.CCOc1cc(CC2=Cc3nccc(C(=O)OC)c3C2)ccc1Cl.COC(=O)c1ccnc2c1CC(Cc1ccc(Cl)c(C)c1)=C2.COC(=O)c1ccnc2c1CC(Cc1ccc(Cl)c(OCC3CC3)c1)=C2.Cc1cc(CC2=Cc3nccc(C(=O)O)c3C2)ccc1Cl.O=C(O)c1ccnc2c1CC(Cc1ccc(Cl)c(OCC3CC3)c1)=C2. The van der Waals surface area contributed by atoms with Gasteiger partial charge in [0.2, 0.25) is 0 Å². The number of pyridine rings is 6. The highest BCUT2D eigenvalue weighted by molar-refractivity contribution is 6.33. The van der Waals surface area contributed by atoms with Crippen LogP contribution in [0.3, 0.4) is 0 Å². The van der Waals surface area contributed by atoms with Crippen LogP contribution < -0.4 is 18.9 Å². The third-order valence-corrected chi connectivity index (χ3v) is 27.0. The lowest BCUT2D eigenvalue weighted by atomic mass is 10.0. The van der Waals surface area contributed by atoms with Crippen molar-refractivity contribution in [3.8, 4) is 23.0 Å². The lowest BCUT2D eigenvalue weighted by Crippen LogP contribution is -2.07. The summed E-state index contributed by atoms with van der Waals surface area (Å²) in [7, 11) is 4.19. The van der Waals surface area contributed by atoms with Crippen LogP contribution in [-0.2, 0) is 91.3 Å². The molecule has 0 amide bonds. The first-order chi connectivity index (χ1) is 68.1. The number of nitrogens with zero attached hydrogens (tertiary/aromatic N) is 6. The predicted molar refractivity (Wildman–Crippen MR) is 550 cm³/mol. The van der Waals surface area contributed by atoms with Gasteiger partial charge in [0.25, 0.3) is 0 Å². The number of aromatic carboxylic acids is 3. The summed E-state index contributed by atoms with van der Waals surface area (Å²) in [6.45, 7) is 10.4. The number of aryl methyl sites for hydroxylation is 2. The molecule has 0 radical (unpaired) electrons. The van der Waals surface area contributed by atoms with Crippen molar-refractivity contribution in [3.63, 3.8) is 0 Å². The number of benzene rings is 6. The summed E-state index contributed by atoms with van der Waals surface area (Å²) in [5.74, 6) is 0.534. The van der Waals surface area contributed by atoms with Gasteiger partial charge in [-0.1, -0.05) is 152 Å². The van der Waals surface area contributed by atoms with Gasteiger partial charge >= 0.3 is 35.8 Å². The maximum Gasteiger partial charge on any atom is 0.338 e. The lowest BCUT2D eigenvalue weighted by Gasteiger charge is -2.10. The molecule has 6 aromatic carbocycles. The van der Waals surface area contributed by atoms with Gasteiger partial charge in [0.15, 0.2) is 0 Å². The van der Waals surface area contributed by atoms with E-state index < -0.39 is 17.9 Å². The molecule has 0 unspecified atom stereocenters. The summed E-state index contributed by atoms with van der Waals surface area (Å²) in [4.78, 5) is 95.5. The molecule has 3 N–H and O–H groups in total. The first-order valence-corrected chi connectivity index (χ1v) is 48.5. The molecule has 0 aliphatic heterocycles. The normalized spacial score (nSPS) is 13.7. The highest BCUT2D eigenvalue weighted by atomic mass is 35.5. The van der Waals surface area contributed by atoms with Crippen LogP contribution in [0.1, 0.15) is 214 Å². The van der Waals surface area contributed by atoms with E-state index in [9.17, 15) is 44.1 Å². The Bertz CT molecular complexity index is 7060. The molecular formula is C113H102Cl6N6O16. The van der Waals surface area contributed by atoms with E-state index in [1.54, 1.807) is 67.4 Å². The van der Waals surface area contributed by atoms with Gasteiger partial charge in [-0.3, -0.25) is 29.9 Å². The zero-order valence-corrected chi connectivity index (χ0v) is 83.2. The monoisotopic (exact) mass is 2010 g/mol. The molecule has 2 saturated carbocycles. The average Bonchev–Trinajstić information content (AvgIpc) is 1.62. The molecule has 8 aliphatic rings. The molecule has 6 heterocycles. The molecule has 0 saturated heterocycles. The molecule has 722 valence electrons. The smallest absolute Gasteiger partial charge is 0.338 e. The van der Waals surface area contributed by atoms with Crippen LogP contribution in [0.25, 0.3) is 36.5 Å². The number of aromatic nitrogens is 6. The summed E-state index contributed by atoms with van der Waals surface area (Å²) < 4.78 is 37.3. The summed E-state index contributed by atoms with van der Waals surface area (Å²) in [5.41, 5.74) is 28.9. The number of hydrogen-bond donors (Lipinski definition) is 3. The van der Waals surface area contributed by atoms with Crippen LogP contribution >= 0.6 is 69.6 Å². The maximum absolute atomic E-state index is 11.9. The minimum atomic E-state index is -0.913. The number of allylic oxidation sites excluding steroid dienone is 6. The Morgan fingerprint density at radius 1 is 0.291 bits per heavy atom. The molecule has 0 atom stereocenters. The highest BCUT2D eigenvalue weighted by Crippen LogP contribution is 2.41. The Morgan fingerprint density at radius 3 is 0.702 bits per heavy atom. The third-order valence-electron chi connectivity index (χ3n) is 24.9. The Balaban J connectivity index is 0.000000128. The summed E-state index contributed by atoms with van der Waals surface area (Å²) in [5, 5.41) is 31.8. The van der Waals surface area contributed by atoms with E-state index in [0.717, 1.165) is 185 Å². The van der Waals surface area contributed by atoms with Crippen LogP contribution in [0.5, 0.6) is 23.0 Å². The highest BCUT2D eigenvalue weighted by Gasteiger charge is 2.31. The molecule has 0 spiro atoms. The number of hydrogen-bond acceptors (Lipinski definition) is 19. The van der Waals surface area contributed by atoms with Crippen LogP contribution in [-0.4, -0.2) is 129 Å². The summed E-state index contributed by atoms with van der Waals surface area (Å²) in [6, 6.07) is 45.1. The van der Waals surface area contributed by atoms with Crippen molar-refractivity contribution in [1.82, 2.24) is 29.9 Å². The Labute approximate surface area is 847 Å². The number of rotatable bonds is 28. The Kier molecular flexibility index (Phi) is 34.0. The lowest BCUT2D eigenvalue weighted by molar-refractivity contribution is 0.0590. The first kappa shape index (κ1) is 102. The molecule has 2 fully saturated rings. The van der Waals surface area contributed by atoms with E-state index in [1.807, 2.05) is 149 Å². The largest absolute Gasteiger partial charge is 0.492 e. The van der Waals surface area contributed by atoms with E-state index in [2.05, 4.69) is 54.2 Å². The second-order valence-electron chi connectivity index (χ2n) is 35.3. The number of carboxylic acid groups (broad SMARTS) is 3. The quantitative estimate of drug-likeness (QED) is 0.0303. The second-order valence-corrected chi connectivity index (χ2v) is 37.7. The number of ether oxygens (including phenoxy) is 7. The summed E-state index contributed by atoms with van der Waals surface area (Å²) >= 11 is 36.8. The fourth-order valence-electron chi connectivity index (χ4n) is 17.5. The fraction of sp³-hybridized carbons (Fsp3) is 0.257. The minimum Gasteiger partial charge on any atom is -0.492 e. The number of fused-ring (bicyclic) bond motifs is 6. The molecule has 0 bridgehead atoms. The number of halogens is 6. The Hall–Kier alpha value is -13.6. The number of carbonyl (C=O) groups excluding carboxylic acids is 3. The van der Waals surface area contributed by atoms with Crippen molar-refractivity contribution in [2.24, 2.45) is 11.8 Å². The number of carboxylic acids is 3. The van der Waals surface area contributed by atoms with Gasteiger partial charge in [0, 0.05) is 47.2 Å². The number of carbonyl (C=O) groups is 6. The predicted octanol–water partition coefficient (Wildman–Crippen LogP) is 24.9. The summed E-state index contributed by atoms with van der Waals surface area (Å²) in [6.07, 6.45) is 35.2. The van der Waals surface area contributed by atoms with Crippen molar-refractivity contribution in [1.29, 1.82) is 0 Å². The standard InChI is InChI=1S/C21H20ClNO3.C20H18ClNO3.C19H18ClNO3.C18H16ClNO3.C18H16ClNO2.C17H14ClNO2/c1-25-21(24)16-6-7-23-19-10-15(9-17(16)19)8-14-4-5-18(22)20(11-14)26-12-13-2-3-13;21-17-4-3-13(10-19(17)25-11-12-1-2-12)7-14-8-16-15(20(23)24)5-6-22-18(16)9-14;1-3-24-18-11-12(4-5-16(18)20)8-13-9-15-14(19(22)23-2)6-7-21-17(15)10-13;1-2-23-17-10-11(3-4-15(17)19)7-12-8-14-13(18(21)22)5-6-20-16(14)9-12;1-11-7-12(3-4-16(11)19)8-13-9-15-14(18(21)22-2)5-6-20-17(15)10-13;1-10-6-11(2-3-15(10)18)7-12-8-14-13(17(20)21)4-5-19-16(14)9-12/h4-7,10-11,13H,2-3,8-9,12H2,1H3;3-6,9-10,12H,1-2,7-8,11H2,(H,23,24);4-7,10-11H,3,8-9H2,1-2H3;3-6,9-10H,2,7-8H2,1H3,(H,21,22);3-7,10H,8-9H2,1-2H3;2-6,9H,7-8H2,1H3,(H,20,21). The van der Waals surface area contributed by atoms with Crippen LogP contribution in [0.2, 0.25) is 30.1 Å². The third kappa shape index (κ3) is 26.4. The maximum atomic E-state index is 11.9. The minimum absolute atomic E-state index is 0.310. The van der Waals surface area contributed by atoms with Gasteiger partial charge < -0.3 is 48.5 Å². The zero-order chi connectivity index (χ0) is 99.7. The van der Waals surface area contributed by atoms with Crippen LogP contribution in [0.4, 0.5) is 0 Å². The van der Waals surface area contributed by atoms with E-state index in [1.165, 1.54) is 86.6 Å². The van der Waals surface area contributed by atoms with E-state index in [4.69, 9.17) is 103 Å². The van der Waals surface area contributed by atoms with Gasteiger partial charge in [-0.05, 0) is 354 Å². The van der Waals surface area contributed by atoms with E-state index in [-0.39, 0.29) is 17.9 Å². The Morgan fingerprint density at radius 2 is 0.496 bits per heavy atom. The first-order valence-electron chi connectivity index (χ1n) is 46.2. The van der Waals surface area contributed by atoms with Crippen molar-refractivity contribution < 1.29 is 77.2 Å². The van der Waals surface area contributed by atoms with E-state index in [0.29, 0.717) is 129 Å². The van der Waals surface area contributed by atoms with Crippen molar-refractivity contribution >= 4 is 142 Å². The van der Waals surface area contributed by atoms with Crippen molar-refractivity contribution in [3.05, 3.63) is 392 Å². The fourth-order valence-corrected chi connectivity index (χ4v) is 18.4.